The van der Waals surface area contributed by atoms with E-state index >= 15 is 0 Å². The largest absolute Gasteiger partial charge is 0.368 e. The molecule has 22 heavy (non-hydrogen) atoms. The number of halogens is 1. The standard InChI is InChI=1S/C15H14ClN5S/c1-9-11(8-18-13-7-12(16)20-15(17)21-13)22-14(19-9)10-5-3-2-4-6-10/h2-7H,8H2,1H3,(H3,17,18,20,21). The molecule has 0 spiro atoms. The van der Waals surface area contributed by atoms with Gasteiger partial charge >= 0.3 is 0 Å². The number of benzene rings is 1. The van der Waals surface area contributed by atoms with E-state index in [1.807, 2.05) is 25.1 Å². The summed E-state index contributed by atoms with van der Waals surface area (Å²) in [6.07, 6.45) is 0. The van der Waals surface area contributed by atoms with Gasteiger partial charge in [-0.05, 0) is 6.92 Å². The maximum Gasteiger partial charge on any atom is 0.223 e. The van der Waals surface area contributed by atoms with E-state index in [-0.39, 0.29) is 5.95 Å². The zero-order chi connectivity index (χ0) is 15.5. The van der Waals surface area contributed by atoms with Gasteiger partial charge in [-0.1, -0.05) is 41.9 Å². The molecule has 0 unspecified atom stereocenters. The lowest BCUT2D eigenvalue weighted by molar-refractivity contribution is 1.08. The Hall–Kier alpha value is -2.18. The van der Waals surface area contributed by atoms with Crippen LogP contribution in [0.25, 0.3) is 10.6 Å². The number of nitrogens with two attached hydrogens (primary N) is 1. The van der Waals surface area contributed by atoms with Crippen LogP contribution in [0.3, 0.4) is 0 Å². The first-order chi connectivity index (χ1) is 10.6. The Morgan fingerprint density at radius 2 is 1.95 bits per heavy atom. The Morgan fingerprint density at radius 1 is 1.18 bits per heavy atom. The van der Waals surface area contributed by atoms with Crippen LogP contribution in [0, 0.1) is 6.92 Å². The predicted molar refractivity (Wildman–Crippen MR) is 91.1 cm³/mol. The highest BCUT2D eigenvalue weighted by Crippen LogP contribution is 2.28. The highest BCUT2D eigenvalue weighted by molar-refractivity contribution is 7.15. The number of aryl methyl sites for hydroxylation is 1. The first-order valence-electron chi connectivity index (χ1n) is 6.67. The van der Waals surface area contributed by atoms with E-state index in [0.29, 0.717) is 17.5 Å². The fourth-order valence-corrected chi connectivity index (χ4v) is 3.19. The van der Waals surface area contributed by atoms with Gasteiger partial charge in [0, 0.05) is 16.5 Å². The molecule has 112 valence electrons. The summed E-state index contributed by atoms with van der Waals surface area (Å²) in [6.45, 7) is 2.62. The molecule has 0 aliphatic rings. The number of hydrogen-bond acceptors (Lipinski definition) is 6. The second-order valence-corrected chi connectivity index (χ2v) is 6.15. The van der Waals surface area contributed by atoms with Crippen LogP contribution >= 0.6 is 22.9 Å². The highest BCUT2D eigenvalue weighted by Gasteiger charge is 2.09. The van der Waals surface area contributed by atoms with E-state index in [1.54, 1.807) is 17.4 Å². The molecule has 2 heterocycles. The summed E-state index contributed by atoms with van der Waals surface area (Å²) in [7, 11) is 0. The second-order valence-electron chi connectivity index (χ2n) is 4.68. The summed E-state index contributed by atoms with van der Waals surface area (Å²) < 4.78 is 0. The highest BCUT2D eigenvalue weighted by atomic mass is 35.5. The number of thiazole rings is 1. The van der Waals surface area contributed by atoms with Crippen LogP contribution in [0.4, 0.5) is 11.8 Å². The lowest BCUT2D eigenvalue weighted by Crippen LogP contribution is -2.04. The third kappa shape index (κ3) is 3.35. The summed E-state index contributed by atoms with van der Waals surface area (Å²) in [5, 5.41) is 4.53. The van der Waals surface area contributed by atoms with E-state index < -0.39 is 0 Å². The summed E-state index contributed by atoms with van der Waals surface area (Å²) >= 11 is 7.53. The van der Waals surface area contributed by atoms with Crippen molar-refractivity contribution in [3.63, 3.8) is 0 Å². The summed E-state index contributed by atoms with van der Waals surface area (Å²) in [6, 6.07) is 11.8. The quantitative estimate of drug-likeness (QED) is 0.712. The third-order valence-corrected chi connectivity index (χ3v) is 4.46. The molecule has 0 saturated heterocycles. The normalized spacial score (nSPS) is 10.6. The lowest BCUT2D eigenvalue weighted by atomic mass is 10.2. The van der Waals surface area contributed by atoms with Crippen LogP contribution < -0.4 is 11.1 Å². The fourth-order valence-electron chi connectivity index (χ4n) is 1.99. The number of aromatic nitrogens is 3. The molecule has 5 nitrogen and oxygen atoms in total. The molecular formula is C15H14ClN5S. The molecule has 0 aliphatic carbocycles. The molecule has 0 radical (unpaired) electrons. The number of nitrogens with zero attached hydrogens (tertiary/aromatic N) is 3. The summed E-state index contributed by atoms with van der Waals surface area (Å²) in [4.78, 5) is 13.7. The molecule has 0 saturated carbocycles. The van der Waals surface area contributed by atoms with Crippen molar-refractivity contribution in [3.8, 4) is 10.6 Å². The molecule has 0 atom stereocenters. The van der Waals surface area contributed by atoms with Crippen LogP contribution in [-0.4, -0.2) is 15.0 Å². The first kappa shape index (κ1) is 14.7. The minimum Gasteiger partial charge on any atom is -0.368 e. The van der Waals surface area contributed by atoms with Crippen molar-refractivity contribution in [2.75, 3.05) is 11.1 Å². The monoisotopic (exact) mass is 331 g/mol. The van der Waals surface area contributed by atoms with Gasteiger partial charge in [-0.2, -0.15) is 4.98 Å². The van der Waals surface area contributed by atoms with Gasteiger partial charge in [-0.25, -0.2) is 9.97 Å². The minimum atomic E-state index is 0.154. The number of hydrogen-bond donors (Lipinski definition) is 2. The van der Waals surface area contributed by atoms with Crippen LogP contribution in [0.5, 0.6) is 0 Å². The van der Waals surface area contributed by atoms with Crippen molar-refractivity contribution < 1.29 is 0 Å². The molecule has 2 aromatic heterocycles. The number of rotatable bonds is 4. The van der Waals surface area contributed by atoms with Crippen molar-refractivity contribution in [1.29, 1.82) is 0 Å². The molecule has 3 N–H and O–H groups in total. The average Bonchev–Trinajstić information content (AvgIpc) is 2.86. The molecule has 0 bridgehead atoms. The summed E-state index contributed by atoms with van der Waals surface area (Å²) in [5.74, 6) is 0.757. The van der Waals surface area contributed by atoms with Crippen LogP contribution in [-0.2, 0) is 6.54 Å². The van der Waals surface area contributed by atoms with E-state index in [9.17, 15) is 0 Å². The second kappa shape index (κ2) is 6.29. The van der Waals surface area contributed by atoms with Gasteiger partial charge in [0.2, 0.25) is 5.95 Å². The van der Waals surface area contributed by atoms with E-state index in [1.165, 1.54) is 0 Å². The Bertz CT molecular complexity index is 768. The van der Waals surface area contributed by atoms with Gasteiger partial charge in [0.05, 0.1) is 12.2 Å². The SMILES string of the molecule is Cc1nc(-c2ccccc2)sc1CNc1cc(Cl)nc(N)n1. The predicted octanol–water partition coefficient (Wildman–Crippen LogP) is 3.76. The Morgan fingerprint density at radius 3 is 2.68 bits per heavy atom. The van der Waals surface area contributed by atoms with Crippen molar-refractivity contribution in [3.05, 3.63) is 52.1 Å². The van der Waals surface area contributed by atoms with E-state index in [0.717, 1.165) is 21.1 Å². The van der Waals surface area contributed by atoms with E-state index in [2.05, 4.69) is 32.4 Å². The zero-order valence-corrected chi connectivity index (χ0v) is 13.4. The molecule has 0 amide bonds. The van der Waals surface area contributed by atoms with Gasteiger partial charge in [0.15, 0.2) is 0 Å². The van der Waals surface area contributed by atoms with Crippen molar-refractivity contribution in [1.82, 2.24) is 15.0 Å². The zero-order valence-electron chi connectivity index (χ0n) is 11.9. The molecule has 1 aromatic carbocycles. The van der Waals surface area contributed by atoms with Crippen molar-refractivity contribution in [2.24, 2.45) is 0 Å². The fraction of sp³-hybridized carbons (Fsp3) is 0.133. The Labute approximate surface area is 137 Å². The molecule has 0 fully saturated rings. The summed E-state index contributed by atoms with van der Waals surface area (Å²) in [5.41, 5.74) is 7.71. The smallest absolute Gasteiger partial charge is 0.223 e. The topological polar surface area (TPSA) is 76.7 Å². The van der Waals surface area contributed by atoms with Gasteiger partial charge < -0.3 is 11.1 Å². The van der Waals surface area contributed by atoms with Crippen molar-refractivity contribution >= 4 is 34.7 Å². The van der Waals surface area contributed by atoms with Crippen molar-refractivity contribution in [2.45, 2.75) is 13.5 Å². The maximum atomic E-state index is 5.87. The average molecular weight is 332 g/mol. The van der Waals surface area contributed by atoms with Crippen LogP contribution in [0.15, 0.2) is 36.4 Å². The molecule has 3 aromatic rings. The molecule has 7 heteroatoms. The Balaban J connectivity index is 1.77. The minimum absolute atomic E-state index is 0.154. The third-order valence-electron chi connectivity index (χ3n) is 3.06. The molecular weight excluding hydrogens is 318 g/mol. The first-order valence-corrected chi connectivity index (χ1v) is 7.87. The van der Waals surface area contributed by atoms with E-state index in [4.69, 9.17) is 17.3 Å². The number of nitrogen functional groups attached to an aromatic ring is 1. The van der Waals surface area contributed by atoms with Crippen LogP contribution in [0.2, 0.25) is 5.15 Å². The van der Waals surface area contributed by atoms with Crippen LogP contribution in [0.1, 0.15) is 10.6 Å². The molecule has 3 rings (SSSR count). The Kier molecular flexibility index (Phi) is 4.22. The van der Waals surface area contributed by atoms with Gasteiger partial charge in [-0.15, -0.1) is 11.3 Å². The van der Waals surface area contributed by atoms with Gasteiger partial charge in [-0.3, -0.25) is 0 Å². The number of anilines is 2. The van der Waals surface area contributed by atoms with Gasteiger partial charge in [0.1, 0.15) is 16.0 Å². The van der Waals surface area contributed by atoms with Gasteiger partial charge in [0.25, 0.3) is 0 Å². The molecule has 0 aliphatic heterocycles. The number of nitrogens with one attached hydrogen (secondary N) is 1. The maximum absolute atomic E-state index is 5.87. The lowest BCUT2D eigenvalue weighted by Gasteiger charge is -2.05.